The Bertz CT molecular complexity index is 916. The maximum atomic E-state index is 12.1. The third kappa shape index (κ3) is 6.15. The molecule has 29 heavy (non-hydrogen) atoms. The first-order chi connectivity index (χ1) is 14.0. The molecule has 0 saturated carbocycles. The largest absolute Gasteiger partial charge is 0.497 e. The first kappa shape index (κ1) is 20.5. The molecule has 1 N–H and O–H groups in total. The Hall–Kier alpha value is -3.20. The Labute approximate surface area is 169 Å². The zero-order chi connectivity index (χ0) is 20.6. The fourth-order valence-corrected chi connectivity index (χ4v) is 2.69. The summed E-state index contributed by atoms with van der Waals surface area (Å²) in [5.74, 6) is 1.75. The minimum absolute atomic E-state index is 0.0629. The van der Waals surface area contributed by atoms with Crippen LogP contribution in [0.5, 0.6) is 5.75 Å². The molecule has 0 fully saturated rings. The van der Waals surface area contributed by atoms with Gasteiger partial charge in [0.25, 0.3) is 0 Å². The van der Waals surface area contributed by atoms with Gasteiger partial charge in [-0.3, -0.25) is 9.48 Å². The molecular weight excluding hydrogens is 372 g/mol. The van der Waals surface area contributed by atoms with Crippen molar-refractivity contribution in [2.45, 2.75) is 25.8 Å². The van der Waals surface area contributed by atoms with Crippen molar-refractivity contribution in [2.24, 2.45) is 0 Å². The molecule has 1 aromatic carbocycles. The fourth-order valence-electron chi connectivity index (χ4n) is 2.69. The van der Waals surface area contributed by atoms with Gasteiger partial charge in [0.15, 0.2) is 0 Å². The molecule has 9 nitrogen and oxygen atoms in total. The van der Waals surface area contributed by atoms with Crippen LogP contribution in [0.3, 0.4) is 0 Å². The summed E-state index contributed by atoms with van der Waals surface area (Å²) in [4.78, 5) is 18.6. The molecule has 154 valence electrons. The Kier molecular flexibility index (Phi) is 6.96. The van der Waals surface area contributed by atoms with Gasteiger partial charge in [0, 0.05) is 31.1 Å². The van der Waals surface area contributed by atoms with Gasteiger partial charge in [-0.05, 0) is 44.8 Å². The van der Waals surface area contributed by atoms with Crippen LogP contribution in [0, 0.1) is 0 Å². The number of rotatable bonds is 10. The number of nitrogens with one attached hydrogen (secondary N) is 1. The average molecular weight is 398 g/mol. The molecular formula is C20H26N6O3. The van der Waals surface area contributed by atoms with Gasteiger partial charge in [-0.25, -0.2) is 0 Å². The zero-order valence-electron chi connectivity index (χ0n) is 17.0. The van der Waals surface area contributed by atoms with Gasteiger partial charge in [0.2, 0.25) is 17.6 Å². The summed E-state index contributed by atoms with van der Waals surface area (Å²) < 4.78 is 12.2. The van der Waals surface area contributed by atoms with E-state index in [-0.39, 0.29) is 5.91 Å². The lowest BCUT2D eigenvalue weighted by molar-refractivity contribution is -0.116. The van der Waals surface area contributed by atoms with Crippen LogP contribution in [0.1, 0.15) is 18.7 Å². The maximum absolute atomic E-state index is 12.1. The predicted octanol–water partition coefficient (Wildman–Crippen LogP) is 2.46. The first-order valence-electron chi connectivity index (χ1n) is 9.47. The van der Waals surface area contributed by atoms with Crippen LogP contribution < -0.4 is 10.1 Å². The summed E-state index contributed by atoms with van der Waals surface area (Å²) in [6.45, 7) is 1.66. The van der Waals surface area contributed by atoms with Gasteiger partial charge in [-0.2, -0.15) is 10.1 Å². The van der Waals surface area contributed by atoms with Crippen LogP contribution in [0.15, 0.2) is 41.2 Å². The molecule has 2 heterocycles. The number of hydrogen-bond acceptors (Lipinski definition) is 7. The Morgan fingerprint density at radius 1 is 1.28 bits per heavy atom. The predicted molar refractivity (Wildman–Crippen MR) is 109 cm³/mol. The van der Waals surface area contributed by atoms with Gasteiger partial charge < -0.3 is 19.5 Å². The van der Waals surface area contributed by atoms with E-state index in [1.165, 1.54) is 0 Å². The van der Waals surface area contributed by atoms with Gasteiger partial charge in [-0.15, -0.1) is 0 Å². The van der Waals surface area contributed by atoms with Crippen molar-refractivity contribution in [3.8, 4) is 17.1 Å². The third-order valence-corrected chi connectivity index (χ3v) is 4.30. The van der Waals surface area contributed by atoms with Crippen LogP contribution in [-0.4, -0.2) is 58.5 Å². The second kappa shape index (κ2) is 9.83. The molecule has 0 atom stereocenters. The number of carbonyl (C=O) groups excluding carboxylic acids is 1. The number of nitrogens with zero attached hydrogens (tertiary/aromatic N) is 5. The number of benzene rings is 1. The monoisotopic (exact) mass is 398 g/mol. The average Bonchev–Trinajstić information content (AvgIpc) is 3.36. The highest BCUT2D eigenvalue weighted by Crippen LogP contribution is 2.20. The molecule has 1 amide bonds. The Balaban J connectivity index is 1.43. The minimum atomic E-state index is -0.0629. The van der Waals surface area contributed by atoms with Crippen LogP contribution in [0.2, 0.25) is 0 Å². The van der Waals surface area contributed by atoms with E-state index >= 15 is 0 Å². The van der Waals surface area contributed by atoms with E-state index < -0.39 is 0 Å². The van der Waals surface area contributed by atoms with E-state index in [1.54, 1.807) is 13.3 Å². The SMILES string of the molecule is COc1ccc(-c2noc(CCCC(=O)Nc3cnn(CCN(C)C)c3)n2)cc1. The summed E-state index contributed by atoms with van der Waals surface area (Å²) in [5.41, 5.74) is 1.55. The number of aromatic nitrogens is 4. The molecule has 0 spiro atoms. The van der Waals surface area contributed by atoms with Crippen molar-refractivity contribution in [3.63, 3.8) is 0 Å². The highest BCUT2D eigenvalue weighted by Gasteiger charge is 2.10. The number of carbonyl (C=O) groups is 1. The van der Waals surface area contributed by atoms with E-state index in [2.05, 4.69) is 25.5 Å². The number of amides is 1. The molecule has 0 radical (unpaired) electrons. The summed E-state index contributed by atoms with van der Waals surface area (Å²) in [7, 11) is 5.64. The van der Waals surface area contributed by atoms with E-state index in [0.717, 1.165) is 24.4 Å². The normalized spacial score (nSPS) is 11.0. The molecule has 0 bridgehead atoms. The van der Waals surface area contributed by atoms with E-state index in [0.29, 0.717) is 36.7 Å². The number of ether oxygens (including phenoxy) is 1. The van der Waals surface area contributed by atoms with Crippen LogP contribution >= 0.6 is 0 Å². The number of likely N-dealkylation sites (N-methyl/N-ethyl adjacent to an activating group) is 1. The van der Waals surface area contributed by atoms with Gasteiger partial charge in [0.05, 0.1) is 25.5 Å². The molecule has 0 aliphatic heterocycles. The summed E-state index contributed by atoms with van der Waals surface area (Å²) >= 11 is 0. The Morgan fingerprint density at radius 2 is 2.07 bits per heavy atom. The van der Waals surface area contributed by atoms with Crippen molar-refractivity contribution in [1.82, 2.24) is 24.8 Å². The van der Waals surface area contributed by atoms with Crippen LogP contribution in [0.25, 0.3) is 11.4 Å². The van der Waals surface area contributed by atoms with Crippen molar-refractivity contribution in [2.75, 3.05) is 33.1 Å². The van der Waals surface area contributed by atoms with Gasteiger partial charge in [0.1, 0.15) is 5.75 Å². The molecule has 3 aromatic rings. The minimum Gasteiger partial charge on any atom is -0.497 e. The smallest absolute Gasteiger partial charge is 0.226 e. The second-order valence-electron chi connectivity index (χ2n) is 6.94. The summed E-state index contributed by atoms with van der Waals surface area (Å²) in [6, 6.07) is 7.44. The fraction of sp³-hybridized carbons (Fsp3) is 0.400. The lowest BCUT2D eigenvalue weighted by Crippen LogP contribution is -2.18. The molecule has 0 aliphatic rings. The van der Waals surface area contributed by atoms with Crippen molar-refractivity contribution in [3.05, 3.63) is 42.5 Å². The quantitative estimate of drug-likeness (QED) is 0.560. The number of hydrogen-bond donors (Lipinski definition) is 1. The number of methoxy groups -OCH3 is 1. The molecule has 0 saturated heterocycles. The van der Waals surface area contributed by atoms with Crippen LogP contribution in [0.4, 0.5) is 5.69 Å². The standard InChI is InChI=1S/C20H26N6O3/c1-25(2)11-12-26-14-16(13-21-26)22-18(27)5-4-6-19-23-20(24-29-19)15-7-9-17(28-3)10-8-15/h7-10,13-14H,4-6,11-12H2,1-3H3,(H,22,27). The molecule has 9 heteroatoms. The van der Waals surface area contributed by atoms with E-state index in [4.69, 9.17) is 9.26 Å². The van der Waals surface area contributed by atoms with E-state index in [1.807, 2.05) is 49.2 Å². The number of aryl methyl sites for hydroxylation is 1. The summed E-state index contributed by atoms with van der Waals surface area (Å²) in [6.07, 6.45) is 5.01. The maximum Gasteiger partial charge on any atom is 0.226 e. The lowest BCUT2D eigenvalue weighted by Gasteiger charge is -2.08. The second-order valence-corrected chi connectivity index (χ2v) is 6.94. The zero-order valence-corrected chi connectivity index (χ0v) is 17.0. The van der Waals surface area contributed by atoms with Gasteiger partial charge in [-0.1, -0.05) is 5.16 Å². The highest BCUT2D eigenvalue weighted by molar-refractivity contribution is 5.90. The summed E-state index contributed by atoms with van der Waals surface area (Å²) in [5, 5.41) is 11.1. The van der Waals surface area contributed by atoms with E-state index in [9.17, 15) is 4.79 Å². The molecule has 0 aliphatic carbocycles. The molecule has 2 aromatic heterocycles. The number of anilines is 1. The first-order valence-corrected chi connectivity index (χ1v) is 9.47. The molecule has 0 unspecified atom stereocenters. The lowest BCUT2D eigenvalue weighted by atomic mass is 10.2. The Morgan fingerprint density at radius 3 is 2.79 bits per heavy atom. The topological polar surface area (TPSA) is 98.3 Å². The van der Waals surface area contributed by atoms with Crippen LogP contribution in [-0.2, 0) is 17.8 Å². The third-order valence-electron chi connectivity index (χ3n) is 4.30. The molecule has 3 rings (SSSR count). The van der Waals surface area contributed by atoms with Crippen molar-refractivity contribution < 1.29 is 14.1 Å². The van der Waals surface area contributed by atoms with Gasteiger partial charge >= 0.3 is 0 Å². The van der Waals surface area contributed by atoms with Crippen molar-refractivity contribution in [1.29, 1.82) is 0 Å². The van der Waals surface area contributed by atoms with Crippen molar-refractivity contribution >= 4 is 11.6 Å². The highest BCUT2D eigenvalue weighted by atomic mass is 16.5.